The minimum atomic E-state index is -0.461. The van der Waals surface area contributed by atoms with Crippen LogP contribution in [-0.2, 0) is 6.54 Å². The highest BCUT2D eigenvalue weighted by atomic mass is 16.3. The van der Waals surface area contributed by atoms with Crippen molar-refractivity contribution in [3.8, 4) is 0 Å². The van der Waals surface area contributed by atoms with Crippen molar-refractivity contribution in [2.45, 2.75) is 19.6 Å². The molecule has 0 bridgehead atoms. The summed E-state index contributed by atoms with van der Waals surface area (Å²) in [6, 6.07) is 1.56. The molecule has 1 heterocycles. The van der Waals surface area contributed by atoms with Crippen LogP contribution in [0.3, 0.4) is 0 Å². The molecule has 0 aliphatic carbocycles. The Morgan fingerprint density at radius 1 is 1.73 bits per heavy atom. The minimum absolute atomic E-state index is 0.378. The molecule has 5 nitrogen and oxygen atoms in total. The number of hydrogen-bond donors (Lipinski definition) is 3. The maximum Gasteiger partial charge on any atom is 0.147 e. The number of aromatic nitrogens is 2. The van der Waals surface area contributed by atoms with Gasteiger partial charge in [-0.3, -0.25) is 0 Å². The third kappa shape index (κ3) is 1.84. The maximum absolute atomic E-state index is 8.98. The second kappa shape index (κ2) is 2.79. The number of nitrogens with two attached hydrogens (primary N) is 2. The zero-order valence-corrected chi connectivity index (χ0v) is 6.36. The van der Waals surface area contributed by atoms with E-state index in [1.807, 2.05) is 0 Å². The first-order valence-corrected chi connectivity index (χ1v) is 3.36. The fourth-order valence-electron chi connectivity index (χ4n) is 0.849. The summed E-state index contributed by atoms with van der Waals surface area (Å²) in [5, 5.41) is 12.8. The van der Waals surface area contributed by atoms with E-state index in [0.29, 0.717) is 18.2 Å². The summed E-state index contributed by atoms with van der Waals surface area (Å²) in [7, 11) is 0. The monoisotopic (exact) mass is 156 g/mol. The molecule has 5 N–H and O–H groups in total. The van der Waals surface area contributed by atoms with Crippen LogP contribution in [0.5, 0.6) is 0 Å². The summed E-state index contributed by atoms with van der Waals surface area (Å²) in [6.45, 7) is 2.04. The van der Waals surface area contributed by atoms with Crippen molar-refractivity contribution in [1.29, 1.82) is 0 Å². The van der Waals surface area contributed by atoms with Crippen LogP contribution in [0.4, 0.5) is 11.6 Å². The predicted molar refractivity (Wildman–Crippen MR) is 42.7 cm³/mol. The van der Waals surface area contributed by atoms with Crippen LogP contribution in [0.15, 0.2) is 6.07 Å². The lowest BCUT2D eigenvalue weighted by atomic mass is 10.4. The molecule has 1 aromatic rings. The van der Waals surface area contributed by atoms with Crippen molar-refractivity contribution >= 4 is 11.6 Å². The predicted octanol–water partition coefficient (Wildman–Crippen LogP) is -0.572. The number of hydrogen-bond acceptors (Lipinski definition) is 4. The Hall–Kier alpha value is -1.23. The van der Waals surface area contributed by atoms with Crippen molar-refractivity contribution in [1.82, 2.24) is 9.78 Å². The van der Waals surface area contributed by atoms with Gasteiger partial charge in [-0.05, 0) is 6.92 Å². The zero-order valence-electron chi connectivity index (χ0n) is 6.36. The molecule has 1 aromatic heterocycles. The van der Waals surface area contributed by atoms with Gasteiger partial charge in [0.25, 0.3) is 0 Å². The molecule has 11 heavy (non-hydrogen) atoms. The second-order valence-corrected chi connectivity index (χ2v) is 2.53. The van der Waals surface area contributed by atoms with Gasteiger partial charge >= 0.3 is 0 Å². The van der Waals surface area contributed by atoms with E-state index in [0.717, 1.165) is 0 Å². The Kier molecular flexibility index (Phi) is 2.00. The first-order chi connectivity index (χ1) is 5.09. The van der Waals surface area contributed by atoms with Crippen LogP contribution in [0.25, 0.3) is 0 Å². The summed E-state index contributed by atoms with van der Waals surface area (Å²) < 4.78 is 1.47. The number of nitrogens with zero attached hydrogens (tertiary/aromatic N) is 2. The summed E-state index contributed by atoms with van der Waals surface area (Å²) in [6.07, 6.45) is -0.461. The van der Waals surface area contributed by atoms with Crippen LogP contribution >= 0.6 is 0 Å². The smallest absolute Gasteiger partial charge is 0.147 e. The molecule has 0 saturated heterocycles. The highest BCUT2D eigenvalue weighted by Gasteiger charge is 2.03. The van der Waals surface area contributed by atoms with E-state index < -0.39 is 6.10 Å². The Balaban J connectivity index is 2.77. The van der Waals surface area contributed by atoms with E-state index in [-0.39, 0.29) is 0 Å². The van der Waals surface area contributed by atoms with Crippen molar-refractivity contribution in [3.63, 3.8) is 0 Å². The van der Waals surface area contributed by atoms with Crippen LogP contribution in [0.1, 0.15) is 6.92 Å². The van der Waals surface area contributed by atoms with Crippen molar-refractivity contribution < 1.29 is 5.11 Å². The lowest BCUT2D eigenvalue weighted by Gasteiger charge is -2.04. The van der Waals surface area contributed by atoms with E-state index in [9.17, 15) is 0 Å². The number of aliphatic hydroxyl groups excluding tert-OH is 1. The van der Waals surface area contributed by atoms with Crippen molar-refractivity contribution in [3.05, 3.63) is 6.07 Å². The lowest BCUT2D eigenvalue weighted by molar-refractivity contribution is 0.169. The van der Waals surface area contributed by atoms with E-state index in [2.05, 4.69) is 5.10 Å². The maximum atomic E-state index is 8.98. The zero-order chi connectivity index (χ0) is 8.43. The fraction of sp³-hybridized carbons (Fsp3) is 0.500. The average Bonchev–Trinajstić information content (AvgIpc) is 2.09. The molecule has 0 fully saturated rings. The quantitative estimate of drug-likeness (QED) is 0.534. The SMILES string of the molecule is CC(O)Cn1nc(N)cc1N. The lowest BCUT2D eigenvalue weighted by Crippen LogP contribution is -2.14. The molecule has 5 heteroatoms. The molecule has 0 amide bonds. The van der Waals surface area contributed by atoms with Crippen LogP contribution in [-0.4, -0.2) is 21.0 Å². The molecule has 1 rings (SSSR count). The molecule has 62 valence electrons. The second-order valence-electron chi connectivity index (χ2n) is 2.53. The van der Waals surface area contributed by atoms with Gasteiger partial charge < -0.3 is 16.6 Å². The van der Waals surface area contributed by atoms with Gasteiger partial charge in [-0.1, -0.05) is 0 Å². The number of aliphatic hydroxyl groups is 1. The summed E-state index contributed by atoms with van der Waals surface area (Å²) >= 11 is 0. The number of rotatable bonds is 2. The van der Waals surface area contributed by atoms with Gasteiger partial charge in [0, 0.05) is 6.07 Å². The molecule has 0 aromatic carbocycles. The first kappa shape index (κ1) is 7.87. The molecule has 1 unspecified atom stereocenters. The van der Waals surface area contributed by atoms with E-state index in [1.165, 1.54) is 4.68 Å². The molecule has 1 atom stereocenters. The average molecular weight is 156 g/mol. The largest absolute Gasteiger partial charge is 0.391 e. The fourth-order valence-corrected chi connectivity index (χ4v) is 0.849. The molecule has 0 spiro atoms. The van der Waals surface area contributed by atoms with Gasteiger partial charge in [-0.25, -0.2) is 4.68 Å². The Morgan fingerprint density at radius 2 is 2.36 bits per heavy atom. The van der Waals surface area contributed by atoms with E-state index in [4.69, 9.17) is 16.6 Å². The topological polar surface area (TPSA) is 90.1 Å². The van der Waals surface area contributed by atoms with Gasteiger partial charge in [0.2, 0.25) is 0 Å². The van der Waals surface area contributed by atoms with Crippen LogP contribution < -0.4 is 11.5 Å². The molecular formula is C6H12N4O. The van der Waals surface area contributed by atoms with Crippen LogP contribution in [0.2, 0.25) is 0 Å². The molecule has 0 saturated carbocycles. The number of nitrogen functional groups attached to an aromatic ring is 2. The highest BCUT2D eigenvalue weighted by Crippen LogP contribution is 2.07. The third-order valence-corrected chi connectivity index (χ3v) is 1.27. The van der Waals surface area contributed by atoms with E-state index in [1.54, 1.807) is 13.0 Å². The molecule has 0 aliphatic rings. The van der Waals surface area contributed by atoms with Gasteiger partial charge in [-0.15, -0.1) is 0 Å². The summed E-state index contributed by atoms with van der Waals surface area (Å²) in [5.74, 6) is 0.853. The van der Waals surface area contributed by atoms with Crippen molar-refractivity contribution in [2.75, 3.05) is 11.5 Å². The van der Waals surface area contributed by atoms with Gasteiger partial charge in [-0.2, -0.15) is 5.10 Å². The third-order valence-electron chi connectivity index (χ3n) is 1.27. The Bertz CT molecular complexity index is 243. The minimum Gasteiger partial charge on any atom is -0.391 e. The number of anilines is 2. The van der Waals surface area contributed by atoms with Gasteiger partial charge in [0.1, 0.15) is 11.6 Å². The van der Waals surface area contributed by atoms with Crippen molar-refractivity contribution in [2.24, 2.45) is 0 Å². The molecule has 0 aliphatic heterocycles. The standard InChI is InChI=1S/C6H12N4O/c1-4(11)3-10-6(8)2-5(7)9-10/h2,4,11H,3,8H2,1H3,(H2,7,9). The highest BCUT2D eigenvalue weighted by molar-refractivity contribution is 5.41. The Morgan fingerprint density at radius 3 is 2.73 bits per heavy atom. The van der Waals surface area contributed by atoms with E-state index >= 15 is 0 Å². The van der Waals surface area contributed by atoms with Crippen LogP contribution in [0, 0.1) is 0 Å². The Labute approximate surface area is 64.6 Å². The first-order valence-electron chi connectivity index (χ1n) is 3.36. The normalized spacial score (nSPS) is 13.3. The molecular weight excluding hydrogens is 144 g/mol. The van der Waals surface area contributed by atoms with Gasteiger partial charge in [0.15, 0.2) is 0 Å². The summed E-state index contributed by atoms with van der Waals surface area (Å²) in [4.78, 5) is 0. The summed E-state index contributed by atoms with van der Waals surface area (Å²) in [5.41, 5.74) is 10.9. The molecule has 0 radical (unpaired) electrons. The van der Waals surface area contributed by atoms with Gasteiger partial charge in [0.05, 0.1) is 12.6 Å².